The van der Waals surface area contributed by atoms with Crippen LogP contribution >= 0.6 is 0 Å². The minimum Gasteiger partial charge on any atom is -0.671 e. The SMILES string of the molecule is CC(C)c1cc(C(C)C)c(C([N-]c2c(C(C)C)cccc2C(C)C)c2nc(-c3ccccc3)c(-c3ccccc3)n2C)c(C(C)C)c1.[CH3-].[CH3-].[CH3-].[Zr+3]. The van der Waals surface area contributed by atoms with Crippen LogP contribution in [0.3, 0.4) is 0 Å². The zero-order valence-corrected chi connectivity index (χ0v) is 36.4. The van der Waals surface area contributed by atoms with Gasteiger partial charge in [0.25, 0.3) is 0 Å². The summed E-state index contributed by atoms with van der Waals surface area (Å²) in [6.07, 6.45) is 0. The third kappa shape index (κ3) is 9.61. The van der Waals surface area contributed by atoms with Crippen molar-refractivity contribution in [2.75, 3.05) is 0 Å². The topological polar surface area (TPSA) is 31.9 Å². The number of aromatic nitrogens is 2. The molecule has 5 rings (SSSR count). The van der Waals surface area contributed by atoms with E-state index in [1.54, 1.807) is 0 Å². The van der Waals surface area contributed by atoms with Crippen LogP contribution in [0.2, 0.25) is 0 Å². The normalized spacial score (nSPS) is 11.6. The monoisotopic (exact) mass is 759 g/mol. The molecule has 1 radical (unpaired) electrons. The number of hydrogen-bond donors (Lipinski definition) is 0. The molecular weight excluding hydrogens is 698 g/mol. The van der Waals surface area contributed by atoms with Gasteiger partial charge in [0, 0.05) is 18.2 Å². The average molecular weight is 761 g/mol. The Hall–Kier alpha value is -3.23. The van der Waals surface area contributed by atoms with Crippen LogP contribution in [0.15, 0.2) is 91.0 Å². The summed E-state index contributed by atoms with van der Waals surface area (Å²) in [7, 11) is 2.18. The summed E-state index contributed by atoms with van der Waals surface area (Å²) < 4.78 is 2.32. The molecule has 5 aromatic rings. The minimum absolute atomic E-state index is 0. The van der Waals surface area contributed by atoms with Crippen molar-refractivity contribution in [2.24, 2.45) is 7.05 Å². The summed E-state index contributed by atoms with van der Waals surface area (Å²) in [5, 5.41) is 5.92. The maximum absolute atomic E-state index is 5.92. The van der Waals surface area contributed by atoms with E-state index in [-0.39, 0.29) is 54.5 Å². The van der Waals surface area contributed by atoms with Gasteiger partial charge in [-0.15, -0.1) is 5.69 Å². The third-order valence-electron chi connectivity index (χ3n) is 9.52. The Balaban J connectivity index is 0.00000325. The molecule has 0 fully saturated rings. The predicted molar refractivity (Wildman–Crippen MR) is 222 cm³/mol. The van der Waals surface area contributed by atoms with Crippen LogP contribution in [0.4, 0.5) is 5.69 Å². The van der Waals surface area contributed by atoms with E-state index in [9.17, 15) is 0 Å². The van der Waals surface area contributed by atoms with Crippen molar-refractivity contribution in [1.82, 2.24) is 9.55 Å². The fourth-order valence-electron chi connectivity index (χ4n) is 6.85. The van der Waals surface area contributed by atoms with E-state index in [0.29, 0.717) is 29.6 Å². The van der Waals surface area contributed by atoms with Crippen LogP contribution < -0.4 is 0 Å². The van der Waals surface area contributed by atoms with Crippen LogP contribution in [0.5, 0.6) is 0 Å². The van der Waals surface area contributed by atoms with Gasteiger partial charge in [-0.2, -0.15) is 0 Å². The maximum Gasteiger partial charge on any atom is 3.00 e. The number of imidazole rings is 1. The molecule has 0 spiro atoms. The quantitative estimate of drug-likeness (QED) is 0.123. The first kappa shape index (κ1) is 45.8. The van der Waals surface area contributed by atoms with Crippen molar-refractivity contribution >= 4 is 5.69 Å². The summed E-state index contributed by atoms with van der Waals surface area (Å²) in [6, 6.07) is 32.7. The second-order valence-electron chi connectivity index (χ2n) is 14.7. The molecule has 0 amide bonds. The molecule has 0 N–H and O–H groups in total. The molecule has 1 heterocycles. The molecule has 271 valence electrons. The van der Waals surface area contributed by atoms with Crippen molar-refractivity contribution in [3.05, 3.63) is 158 Å². The Labute approximate surface area is 331 Å². The number of para-hydroxylation sites is 1. The van der Waals surface area contributed by atoms with E-state index in [0.717, 1.165) is 34.0 Å². The van der Waals surface area contributed by atoms with Gasteiger partial charge in [0.05, 0.1) is 17.2 Å². The third-order valence-corrected chi connectivity index (χ3v) is 9.52. The second kappa shape index (κ2) is 19.6. The van der Waals surface area contributed by atoms with Crippen LogP contribution in [0.25, 0.3) is 27.8 Å². The van der Waals surface area contributed by atoms with Gasteiger partial charge in [0.2, 0.25) is 0 Å². The molecule has 0 bridgehead atoms. The van der Waals surface area contributed by atoms with Crippen molar-refractivity contribution in [3.63, 3.8) is 0 Å². The van der Waals surface area contributed by atoms with Crippen LogP contribution in [0.1, 0.15) is 144 Å². The molecule has 3 nitrogen and oxygen atoms in total. The number of hydrogen-bond acceptors (Lipinski definition) is 1. The van der Waals surface area contributed by atoms with Gasteiger partial charge in [-0.05, 0) is 57.9 Å². The summed E-state index contributed by atoms with van der Waals surface area (Å²) in [4.78, 5) is 5.61. The second-order valence-corrected chi connectivity index (χ2v) is 14.7. The minimum atomic E-state index is -0.298. The van der Waals surface area contributed by atoms with Gasteiger partial charge < -0.3 is 32.2 Å². The molecule has 1 unspecified atom stereocenters. The zero-order valence-electron chi connectivity index (χ0n) is 34.0. The number of benzene rings is 4. The molecule has 51 heavy (non-hydrogen) atoms. The van der Waals surface area contributed by atoms with Crippen molar-refractivity contribution in [2.45, 2.75) is 105 Å². The van der Waals surface area contributed by atoms with Crippen LogP contribution in [0, 0.1) is 22.3 Å². The van der Waals surface area contributed by atoms with Gasteiger partial charge in [0.1, 0.15) is 0 Å². The number of rotatable bonds is 11. The molecule has 0 saturated carbocycles. The van der Waals surface area contributed by atoms with Gasteiger partial charge >= 0.3 is 26.2 Å². The van der Waals surface area contributed by atoms with Crippen molar-refractivity contribution < 1.29 is 26.2 Å². The van der Waals surface area contributed by atoms with E-state index in [1.165, 1.54) is 33.4 Å². The van der Waals surface area contributed by atoms with Gasteiger partial charge in [-0.25, -0.2) is 4.98 Å². The van der Waals surface area contributed by atoms with Gasteiger partial charge in [0.15, 0.2) is 0 Å². The van der Waals surface area contributed by atoms with Crippen molar-refractivity contribution in [1.29, 1.82) is 0 Å². The van der Waals surface area contributed by atoms with Gasteiger partial charge in [-0.1, -0.05) is 171 Å². The summed E-state index contributed by atoms with van der Waals surface area (Å²) in [6.45, 7) is 23.1. The smallest absolute Gasteiger partial charge is 0.671 e. The molecule has 0 aliphatic rings. The fourth-order valence-corrected chi connectivity index (χ4v) is 6.85. The average Bonchev–Trinajstić information content (AvgIpc) is 3.39. The Kier molecular flexibility index (Phi) is 17.6. The molecule has 1 aromatic heterocycles. The predicted octanol–water partition coefficient (Wildman–Crippen LogP) is 14.5. The largest absolute Gasteiger partial charge is 3.00 e. The molecule has 1 atom stereocenters. The molecule has 0 aliphatic carbocycles. The molecule has 4 aromatic carbocycles. The molecule has 4 heteroatoms. The molecule has 0 aliphatic heterocycles. The summed E-state index contributed by atoms with van der Waals surface area (Å²) in [5.74, 6) is 2.74. The standard InChI is InChI=1S/C44H54N3.3CH3.Zr/c1-27(2)34-25-37(30(7)8)39(38(26-34)31(9)10)42(45-41-35(28(3)4)23-18-24-36(41)29(5)6)44-46-40(32-19-14-12-15-20-32)43(47(44)11)33-21-16-13-17-22-33;;;;/h12-31,42H,1-11H3;3*1H3;/q4*-1;+3. The van der Waals surface area contributed by atoms with E-state index in [4.69, 9.17) is 10.3 Å². The zero-order chi connectivity index (χ0) is 34.0. The summed E-state index contributed by atoms with van der Waals surface area (Å²) >= 11 is 0. The number of nitrogens with zero attached hydrogens (tertiary/aromatic N) is 3. The maximum atomic E-state index is 5.92. The van der Waals surface area contributed by atoms with E-state index in [1.807, 2.05) is 0 Å². The van der Waals surface area contributed by atoms with Crippen LogP contribution in [-0.2, 0) is 33.3 Å². The van der Waals surface area contributed by atoms with Crippen LogP contribution in [-0.4, -0.2) is 9.55 Å². The van der Waals surface area contributed by atoms with Crippen molar-refractivity contribution in [3.8, 4) is 22.5 Å². The Bertz CT molecular complexity index is 1740. The fraction of sp³-hybridized carbons (Fsp3) is 0.362. The van der Waals surface area contributed by atoms with E-state index < -0.39 is 0 Å². The first-order valence-electron chi connectivity index (χ1n) is 17.6. The van der Waals surface area contributed by atoms with E-state index >= 15 is 0 Å². The molecule has 0 saturated heterocycles. The van der Waals surface area contributed by atoms with E-state index in [2.05, 4.69) is 172 Å². The molecular formula is C47H63N3Zr-. The summed E-state index contributed by atoms with van der Waals surface area (Å²) in [5.41, 5.74) is 13.5. The Morgan fingerprint density at radius 1 is 0.529 bits per heavy atom. The van der Waals surface area contributed by atoms with Gasteiger partial charge in [-0.3, -0.25) is 0 Å². The first-order valence-corrected chi connectivity index (χ1v) is 17.6. The first-order chi connectivity index (χ1) is 22.4. The Morgan fingerprint density at radius 3 is 1.37 bits per heavy atom. The Morgan fingerprint density at radius 2 is 0.961 bits per heavy atom.